The number of halogens is 1. The minimum atomic E-state index is -0.328. The van der Waals surface area contributed by atoms with Crippen LogP contribution in [0.1, 0.15) is 32.8 Å². The summed E-state index contributed by atoms with van der Waals surface area (Å²) in [5.41, 5.74) is 6.59. The molecule has 0 saturated heterocycles. The number of aryl methyl sites for hydroxylation is 1. The Bertz CT molecular complexity index is 434. The van der Waals surface area contributed by atoms with Crippen LogP contribution in [-0.2, 0) is 11.2 Å². The van der Waals surface area contributed by atoms with Crippen LogP contribution in [-0.4, -0.2) is 18.0 Å². The summed E-state index contributed by atoms with van der Waals surface area (Å²) >= 11 is 3.49. The Hall–Kier alpha value is -0.870. The first-order valence-electron chi connectivity index (χ1n) is 6.63. The maximum Gasteiger partial charge on any atom is 0.220 e. The van der Waals surface area contributed by atoms with E-state index in [2.05, 4.69) is 35.1 Å². The Morgan fingerprint density at radius 3 is 2.58 bits per heavy atom. The number of rotatable bonds is 6. The number of nitrogens with one attached hydrogen (secondary N) is 1. The van der Waals surface area contributed by atoms with Gasteiger partial charge in [-0.2, -0.15) is 0 Å². The molecule has 3 nitrogen and oxygen atoms in total. The number of nitrogens with two attached hydrogens (primary N) is 1. The largest absolute Gasteiger partial charge is 0.349 e. The summed E-state index contributed by atoms with van der Waals surface area (Å²) in [5.74, 6) is 0.363. The van der Waals surface area contributed by atoms with Crippen molar-refractivity contribution in [3.8, 4) is 0 Å². The molecule has 1 aromatic carbocycles. The second-order valence-corrected chi connectivity index (χ2v) is 6.27. The molecule has 19 heavy (non-hydrogen) atoms. The number of hydrogen-bond donors (Lipinski definition) is 2. The van der Waals surface area contributed by atoms with Crippen LogP contribution in [0.2, 0.25) is 0 Å². The highest BCUT2D eigenvalue weighted by Crippen LogP contribution is 2.18. The van der Waals surface area contributed by atoms with Gasteiger partial charge >= 0.3 is 0 Å². The van der Waals surface area contributed by atoms with Gasteiger partial charge in [-0.1, -0.05) is 48.0 Å². The molecule has 0 aliphatic heterocycles. The second-order valence-electron chi connectivity index (χ2n) is 5.42. The van der Waals surface area contributed by atoms with E-state index >= 15 is 0 Å². The van der Waals surface area contributed by atoms with Crippen LogP contribution < -0.4 is 11.1 Å². The van der Waals surface area contributed by atoms with E-state index in [4.69, 9.17) is 5.73 Å². The topological polar surface area (TPSA) is 55.1 Å². The molecule has 1 unspecified atom stereocenters. The van der Waals surface area contributed by atoms with Crippen LogP contribution >= 0.6 is 15.9 Å². The maximum atomic E-state index is 12.0. The average molecular weight is 327 g/mol. The van der Waals surface area contributed by atoms with Gasteiger partial charge in [-0.05, 0) is 30.9 Å². The molecular formula is C15H23BrN2O. The van der Waals surface area contributed by atoms with Crippen molar-refractivity contribution in [3.05, 3.63) is 34.3 Å². The monoisotopic (exact) mass is 326 g/mol. The van der Waals surface area contributed by atoms with Gasteiger partial charge in [0.15, 0.2) is 0 Å². The van der Waals surface area contributed by atoms with Crippen molar-refractivity contribution < 1.29 is 4.79 Å². The zero-order valence-electron chi connectivity index (χ0n) is 11.9. The summed E-state index contributed by atoms with van der Waals surface area (Å²) in [6, 6.07) is 7.97. The first-order chi connectivity index (χ1) is 8.89. The lowest BCUT2D eigenvalue weighted by molar-refractivity contribution is -0.123. The van der Waals surface area contributed by atoms with Gasteiger partial charge in [-0.15, -0.1) is 0 Å². The molecule has 0 heterocycles. The van der Waals surface area contributed by atoms with Crippen LogP contribution in [0.25, 0.3) is 0 Å². The number of amides is 1. The second kappa shape index (κ2) is 7.06. The highest BCUT2D eigenvalue weighted by molar-refractivity contribution is 9.10. The molecular weight excluding hydrogens is 304 g/mol. The van der Waals surface area contributed by atoms with E-state index in [9.17, 15) is 4.79 Å². The lowest BCUT2D eigenvalue weighted by Crippen LogP contribution is -2.55. The summed E-state index contributed by atoms with van der Waals surface area (Å²) in [6.45, 7) is 6.58. The fraction of sp³-hybridized carbons (Fsp3) is 0.533. The Morgan fingerprint density at radius 2 is 2.05 bits per heavy atom. The van der Waals surface area contributed by atoms with Gasteiger partial charge in [0.2, 0.25) is 5.91 Å². The van der Waals surface area contributed by atoms with E-state index in [1.54, 1.807) is 0 Å². The molecule has 0 spiro atoms. The molecule has 1 atom stereocenters. The van der Waals surface area contributed by atoms with E-state index < -0.39 is 0 Å². The first kappa shape index (κ1) is 16.2. The molecule has 0 saturated carbocycles. The van der Waals surface area contributed by atoms with E-state index in [-0.39, 0.29) is 11.4 Å². The molecule has 1 amide bonds. The van der Waals surface area contributed by atoms with Gasteiger partial charge in [0.05, 0.1) is 5.54 Å². The van der Waals surface area contributed by atoms with Crippen LogP contribution in [0, 0.1) is 5.92 Å². The fourth-order valence-electron chi connectivity index (χ4n) is 1.76. The summed E-state index contributed by atoms with van der Waals surface area (Å²) in [7, 11) is 0. The Kier molecular flexibility index (Phi) is 6.01. The first-order valence-corrected chi connectivity index (χ1v) is 7.43. The number of carbonyl (C=O) groups is 1. The third-order valence-electron chi connectivity index (χ3n) is 3.70. The van der Waals surface area contributed by atoms with Crippen molar-refractivity contribution in [3.63, 3.8) is 0 Å². The molecule has 4 heteroatoms. The molecule has 106 valence electrons. The van der Waals surface area contributed by atoms with Gasteiger partial charge in [-0.3, -0.25) is 4.79 Å². The van der Waals surface area contributed by atoms with E-state index in [0.717, 1.165) is 16.5 Å². The summed E-state index contributed by atoms with van der Waals surface area (Å²) < 4.78 is 1.05. The molecule has 0 aromatic heterocycles. The van der Waals surface area contributed by atoms with Crippen LogP contribution in [0.4, 0.5) is 0 Å². The molecule has 0 aliphatic carbocycles. The minimum absolute atomic E-state index is 0.0532. The molecule has 1 rings (SSSR count). The highest BCUT2D eigenvalue weighted by Gasteiger charge is 2.28. The number of carbonyl (C=O) groups excluding carboxylic acids is 1. The van der Waals surface area contributed by atoms with Gasteiger partial charge in [-0.25, -0.2) is 0 Å². The van der Waals surface area contributed by atoms with Crippen molar-refractivity contribution >= 4 is 21.8 Å². The molecule has 0 aliphatic rings. The Labute approximate surface area is 124 Å². The SMILES string of the molecule is CC(C)C(C)(CN)NC(=O)CCc1ccccc1Br. The molecule has 0 bridgehead atoms. The predicted molar refractivity (Wildman–Crippen MR) is 82.9 cm³/mol. The maximum absolute atomic E-state index is 12.0. The van der Waals surface area contributed by atoms with Crippen molar-refractivity contribution in [2.75, 3.05) is 6.54 Å². The highest BCUT2D eigenvalue weighted by atomic mass is 79.9. The Morgan fingerprint density at radius 1 is 1.42 bits per heavy atom. The predicted octanol–water partition coefficient (Wildman–Crippen LogP) is 2.87. The van der Waals surface area contributed by atoms with Crippen molar-refractivity contribution in [2.24, 2.45) is 11.7 Å². The average Bonchev–Trinajstić information content (AvgIpc) is 2.37. The molecule has 0 fully saturated rings. The smallest absolute Gasteiger partial charge is 0.220 e. The molecule has 3 N–H and O–H groups in total. The normalized spacial score (nSPS) is 14.2. The standard InChI is InChI=1S/C15H23BrN2O/c1-11(2)15(3,10-17)18-14(19)9-8-12-6-4-5-7-13(12)16/h4-7,11H,8-10,17H2,1-3H3,(H,18,19). The van der Waals surface area contributed by atoms with E-state index in [1.807, 2.05) is 31.2 Å². The van der Waals surface area contributed by atoms with Crippen molar-refractivity contribution in [2.45, 2.75) is 39.2 Å². The van der Waals surface area contributed by atoms with Gasteiger partial charge in [0.25, 0.3) is 0 Å². The van der Waals surface area contributed by atoms with Gasteiger partial charge < -0.3 is 11.1 Å². The summed E-state index contributed by atoms with van der Waals surface area (Å²) in [6.07, 6.45) is 1.21. The zero-order chi connectivity index (χ0) is 14.5. The minimum Gasteiger partial charge on any atom is -0.349 e. The molecule has 0 radical (unpaired) electrons. The third-order valence-corrected chi connectivity index (χ3v) is 4.48. The Balaban J connectivity index is 2.55. The lowest BCUT2D eigenvalue weighted by atomic mass is 9.88. The number of hydrogen-bond acceptors (Lipinski definition) is 2. The van der Waals surface area contributed by atoms with Crippen molar-refractivity contribution in [1.82, 2.24) is 5.32 Å². The third kappa shape index (κ3) is 4.62. The van der Waals surface area contributed by atoms with E-state index in [1.165, 1.54) is 0 Å². The number of benzene rings is 1. The van der Waals surface area contributed by atoms with Crippen LogP contribution in [0.3, 0.4) is 0 Å². The quantitative estimate of drug-likeness (QED) is 0.844. The van der Waals surface area contributed by atoms with E-state index in [0.29, 0.717) is 18.9 Å². The van der Waals surface area contributed by atoms with Crippen LogP contribution in [0.15, 0.2) is 28.7 Å². The lowest BCUT2D eigenvalue weighted by Gasteiger charge is -2.33. The van der Waals surface area contributed by atoms with Crippen LogP contribution in [0.5, 0.6) is 0 Å². The van der Waals surface area contributed by atoms with Gasteiger partial charge in [0, 0.05) is 17.4 Å². The molecule has 1 aromatic rings. The van der Waals surface area contributed by atoms with Gasteiger partial charge in [0.1, 0.15) is 0 Å². The summed E-state index contributed by atoms with van der Waals surface area (Å²) in [4.78, 5) is 12.0. The summed E-state index contributed by atoms with van der Waals surface area (Å²) in [5, 5.41) is 3.05. The van der Waals surface area contributed by atoms with Crippen molar-refractivity contribution in [1.29, 1.82) is 0 Å². The fourth-order valence-corrected chi connectivity index (χ4v) is 2.24. The zero-order valence-corrected chi connectivity index (χ0v) is 13.5.